The lowest BCUT2D eigenvalue weighted by atomic mass is 10.4. The summed E-state index contributed by atoms with van der Waals surface area (Å²) < 4.78 is 31.0. The molecule has 1 aromatic rings. The summed E-state index contributed by atoms with van der Waals surface area (Å²) in [5, 5.41) is 0.991. The first kappa shape index (κ1) is 20.5. The van der Waals surface area contributed by atoms with E-state index in [1.54, 1.807) is 0 Å². The molecule has 0 aliphatic carbocycles. The number of hydrogen-bond acceptors (Lipinski definition) is 5. The summed E-state index contributed by atoms with van der Waals surface area (Å²) in [5.41, 5.74) is 0. The lowest BCUT2D eigenvalue weighted by Crippen LogP contribution is -2.78. The Labute approximate surface area is 142 Å². The van der Waals surface area contributed by atoms with Crippen molar-refractivity contribution < 1.29 is 22.1 Å². The van der Waals surface area contributed by atoms with E-state index in [1.165, 1.54) is 0 Å². The zero-order valence-electron chi connectivity index (χ0n) is 15.0. The highest BCUT2D eigenvalue weighted by Crippen LogP contribution is 2.26. The third-order valence-electron chi connectivity index (χ3n) is 3.26. The van der Waals surface area contributed by atoms with E-state index in [-0.39, 0.29) is 0 Å². The van der Waals surface area contributed by atoms with Gasteiger partial charge >= 0.3 is 16.4 Å². The van der Waals surface area contributed by atoms with Crippen molar-refractivity contribution in [2.45, 2.75) is 34.6 Å². The molecule has 0 saturated heterocycles. The van der Waals surface area contributed by atoms with Crippen molar-refractivity contribution in [3.05, 3.63) is 30.3 Å². The monoisotopic (exact) mass is 358 g/mol. The normalized spacial score (nSPS) is 12.6. The fraction of sp³-hybridized carbons (Fsp3) is 0.625. The lowest BCUT2D eigenvalue weighted by Gasteiger charge is -2.41. The Morgan fingerprint density at radius 3 is 1.35 bits per heavy atom. The zero-order chi connectivity index (χ0) is 17.2. The van der Waals surface area contributed by atoms with Gasteiger partial charge in [-0.3, -0.25) is 0 Å². The minimum Gasteiger partial charge on any atom is -0.389 e. The minimum absolute atomic E-state index is 0.494. The molecule has 132 valence electrons. The van der Waals surface area contributed by atoms with E-state index >= 15 is 0 Å². The summed E-state index contributed by atoms with van der Waals surface area (Å²) in [6.07, 6.45) is 0. The fourth-order valence-corrected chi connectivity index (χ4v) is 13.6. The molecule has 0 atom stereocenters. The molecule has 7 heteroatoms. The Morgan fingerprint density at radius 2 is 1.00 bits per heavy atom. The van der Waals surface area contributed by atoms with Gasteiger partial charge in [0.2, 0.25) is 0 Å². The molecular weight excluding hydrogens is 328 g/mol. The maximum Gasteiger partial charge on any atom is 0.545 e. The second kappa shape index (κ2) is 10.3. The van der Waals surface area contributed by atoms with Crippen LogP contribution in [0, 0.1) is 0 Å². The van der Waals surface area contributed by atoms with Gasteiger partial charge in [-0.2, -0.15) is 0 Å². The average Bonchev–Trinajstić information content (AvgIpc) is 2.56. The highest BCUT2D eigenvalue weighted by atomic mass is 29.3. The van der Waals surface area contributed by atoms with E-state index in [9.17, 15) is 0 Å². The Hall–Kier alpha value is -0.546. The summed E-state index contributed by atoms with van der Waals surface area (Å²) >= 11 is 0. The smallest absolute Gasteiger partial charge is 0.389 e. The highest BCUT2D eigenvalue weighted by Gasteiger charge is 2.69. The van der Waals surface area contributed by atoms with Crippen LogP contribution in [0.2, 0.25) is 0 Å². The van der Waals surface area contributed by atoms with Gasteiger partial charge in [0, 0.05) is 33.0 Å². The molecule has 0 amide bonds. The van der Waals surface area contributed by atoms with Gasteiger partial charge in [-0.1, -0.05) is 30.3 Å². The third-order valence-corrected chi connectivity index (χ3v) is 14.0. The van der Waals surface area contributed by atoms with Crippen LogP contribution in [0.4, 0.5) is 0 Å². The van der Waals surface area contributed by atoms with Gasteiger partial charge in [-0.05, 0) is 39.8 Å². The maximum absolute atomic E-state index is 6.28. The largest absolute Gasteiger partial charge is 0.545 e. The van der Waals surface area contributed by atoms with Crippen molar-refractivity contribution in [2.75, 3.05) is 33.0 Å². The van der Waals surface area contributed by atoms with E-state index < -0.39 is 16.4 Å². The first-order valence-electron chi connectivity index (χ1n) is 8.41. The highest BCUT2D eigenvalue weighted by molar-refractivity contribution is 7.34. The first-order valence-corrected chi connectivity index (χ1v) is 13.0. The standard InChI is InChI=1S/C16H30O5Si2/c1-6-17-22(18-7-2,16-14-12-11-13-15-16)23(19-8-3,20-9-4)21-10-5/h11-15H,6-10H2,1-5H3. The summed E-state index contributed by atoms with van der Waals surface area (Å²) in [5.74, 6) is 0. The Kier molecular flexibility index (Phi) is 9.22. The van der Waals surface area contributed by atoms with Gasteiger partial charge in [0.25, 0.3) is 0 Å². The van der Waals surface area contributed by atoms with Gasteiger partial charge < -0.3 is 22.1 Å². The van der Waals surface area contributed by atoms with Gasteiger partial charge in [0.05, 0.1) is 0 Å². The van der Waals surface area contributed by atoms with Crippen LogP contribution in [0.5, 0.6) is 0 Å². The Bertz CT molecular complexity index is 407. The molecular formula is C16H30O5Si2. The fourth-order valence-electron chi connectivity index (χ4n) is 2.61. The molecule has 1 rings (SSSR count). The molecule has 5 nitrogen and oxygen atoms in total. The molecule has 0 fully saturated rings. The Morgan fingerprint density at radius 1 is 0.609 bits per heavy atom. The molecule has 0 aromatic heterocycles. The summed E-state index contributed by atoms with van der Waals surface area (Å²) in [7, 11) is -6.21. The third kappa shape index (κ3) is 4.50. The number of rotatable bonds is 12. The molecule has 0 saturated carbocycles. The van der Waals surface area contributed by atoms with Gasteiger partial charge in [0.15, 0.2) is 0 Å². The molecule has 0 heterocycles. The average molecular weight is 359 g/mol. The second-order valence-electron chi connectivity index (χ2n) is 4.70. The van der Waals surface area contributed by atoms with Crippen molar-refractivity contribution >= 4 is 21.6 Å². The van der Waals surface area contributed by atoms with Crippen LogP contribution < -0.4 is 5.19 Å². The predicted molar refractivity (Wildman–Crippen MR) is 95.7 cm³/mol. The molecule has 0 aliphatic heterocycles. The van der Waals surface area contributed by atoms with Gasteiger partial charge in [0.1, 0.15) is 0 Å². The SMILES string of the molecule is CCO[Si](OCC)(OCC)[Si](OCC)(OCC)c1ccccc1. The van der Waals surface area contributed by atoms with E-state index in [4.69, 9.17) is 22.1 Å². The molecule has 0 unspecified atom stereocenters. The lowest BCUT2D eigenvalue weighted by molar-refractivity contribution is 0.0671. The van der Waals surface area contributed by atoms with Crippen LogP contribution >= 0.6 is 0 Å². The topological polar surface area (TPSA) is 46.2 Å². The summed E-state index contributed by atoms with van der Waals surface area (Å²) in [6, 6.07) is 9.99. The van der Waals surface area contributed by atoms with Gasteiger partial charge in [-0.15, -0.1) is 0 Å². The molecule has 0 bridgehead atoms. The number of hydrogen-bond donors (Lipinski definition) is 0. The molecule has 0 radical (unpaired) electrons. The van der Waals surface area contributed by atoms with Crippen LogP contribution in [0.3, 0.4) is 0 Å². The number of benzene rings is 1. The van der Waals surface area contributed by atoms with Crippen LogP contribution in [0.25, 0.3) is 0 Å². The van der Waals surface area contributed by atoms with E-state index in [0.717, 1.165) is 5.19 Å². The van der Waals surface area contributed by atoms with E-state index in [0.29, 0.717) is 33.0 Å². The van der Waals surface area contributed by atoms with Crippen molar-refractivity contribution in [1.29, 1.82) is 0 Å². The maximum atomic E-state index is 6.28. The quantitative estimate of drug-likeness (QED) is 0.537. The Balaban J connectivity index is 3.52. The molecule has 0 aliphatic rings. The van der Waals surface area contributed by atoms with Crippen molar-refractivity contribution in [3.8, 4) is 0 Å². The molecule has 0 spiro atoms. The predicted octanol–water partition coefficient (Wildman–Crippen LogP) is 2.54. The van der Waals surface area contributed by atoms with Gasteiger partial charge in [-0.25, -0.2) is 0 Å². The summed E-state index contributed by atoms with van der Waals surface area (Å²) in [4.78, 5) is 0. The van der Waals surface area contributed by atoms with Crippen molar-refractivity contribution in [2.24, 2.45) is 0 Å². The van der Waals surface area contributed by atoms with Crippen molar-refractivity contribution in [3.63, 3.8) is 0 Å². The van der Waals surface area contributed by atoms with E-state index in [2.05, 4.69) is 0 Å². The molecule has 1 aromatic carbocycles. The first-order chi connectivity index (χ1) is 11.2. The van der Waals surface area contributed by atoms with Crippen LogP contribution in [-0.4, -0.2) is 49.4 Å². The van der Waals surface area contributed by atoms with Crippen LogP contribution in [0.15, 0.2) is 30.3 Å². The molecule has 0 N–H and O–H groups in total. The summed E-state index contributed by atoms with van der Waals surface area (Å²) in [6.45, 7) is 12.3. The zero-order valence-corrected chi connectivity index (χ0v) is 17.0. The molecule has 23 heavy (non-hydrogen) atoms. The van der Waals surface area contributed by atoms with E-state index in [1.807, 2.05) is 65.0 Å². The van der Waals surface area contributed by atoms with Crippen LogP contribution in [-0.2, 0) is 22.1 Å². The minimum atomic E-state index is -3.16. The van der Waals surface area contributed by atoms with Crippen LogP contribution in [0.1, 0.15) is 34.6 Å². The van der Waals surface area contributed by atoms with Crippen molar-refractivity contribution in [1.82, 2.24) is 0 Å². The second-order valence-corrected chi connectivity index (χ2v) is 12.9.